The first-order valence-electron chi connectivity index (χ1n) is 5.61. The first-order valence-corrected chi connectivity index (χ1v) is 5.61. The smallest absolute Gasteiger partial charge is 0.249 e. The highest BCUT2D eigenvalue weighted by molar-refractivity contribution is 5.91. The minimum atomic E-state index is -0.559. The molecule has 0 aliphatic carbocycles. The van der Waals surface area contributed by atoms with Crippen molar-refractivity contribution in [2.24, 2.45) is 0 Å². The van der Waals surface area contributed by atoms with Crippen molar-refractivity contribution in [3.8, 4) is 0 Å². The third kappa shape index (κ3) is 1.55. The Bertz CT molecular complexity index is 275. The Hall–Kier alpha value is -0.910. The molecule has 0 radical (unpaired) electrons. The second kappa shape index (κ2) is 4.95. The van der Waals surface area contributed by atoms with Gasteiger partial charge < -0.3 is 15.5 Å². The molecule has 5 nitrogen and oxygen atoms in total. The van der Waals surface area contributed by atoms with Crippen LogP contribution in [0.1, 0.15) is 13.3 Å². The predicted octanol–water partition coefficient (Wildman–Crippen LogP) is -0.526. The molecule has 0 saturated carbocycles. The van der Waals surface area contributed by atoms with Crippen molar-refractivity contribution in [3.05, 3.63) is 12.8 Å². The van der Waals surface area contributed by atoms with Gasteiger partial charge in [-0.3, -0.25) is 10.1 Å². The maximum atomic E-state index is 12.4. The number of rotatable bonds is 5. The van der Waals surface area contributed by atoms with E-state index in [2.05, 4.69) is 22.5 Å². The summed E-state index contributed by atoms with van der Waals surface area (Å²) in [5, 5.41) is 9.53. The van der Waals surface area contributed by atoms with E-state index in [-0.39, 0.29) is 18.1 Å². The van der Waals surface area contributed by atoms with E-state index in [0.29, 0.717) is 0 Å². The lowest BCUT2D eigenvalue weighted by atomic mass is 9.88. The van der Waals surface area contributed by atoms with Crippen LogP contribution in [-0.4, -0.2) is 49.7 Å². The van der Waals surface area contributed by atoms with Crippen LogP contribution in [0.25, 0.3) is 0 Å². The number of hydrogen-bond donors (Lipinski definition) is 3. The van der Waals surface area contributed by atoms with E-state index < -0.39 is 5.54 Å². The monoisotopic (exact) mass is 226 g/mol. The number of likely N-dealkylation sites (N-methyl/N-ethyl adjacent to an activating group) is 3. The van der Waals surface area contributed by atoms with E-state index in [4.69, 9.17) is 0 Å². The van der Waals surface area contributed by atoms with Gasteiger partial charge >= 0.3 is 0 Å². The third-order valence-corrected chi connectivity index (χ3v) is 3.57. The SMILES string of the molecule is C=CN1C(=O)C(CC)(NC)C(NC)C1NC. The van der Waals surface area contributed by atoms with Crippen molar-refractivity contribution < 1.29 is 4.79 Å². The minimum Gasteiger partial charge on any atom is -0.312 e. The summed E-state index contributed by atoms with van der Waals surface area (Å²) < 4.78 is 0. The number of nitrogens with zero attached hydrogens (tertiary/aromatic N) is 1. The molecule has 5 heteroatoms. The fourth-order valence-electron chi connectivity index (χ4n) is 2.64. The van der Waals surface area contributed by atoms with Gasteiger partial charge in [-0.2, -0.15) is 0 Å². The Morgan fingerprint density at radius 3 is 2.38 bits per heavy atom. The molecule has 0 bridgehead atoms. The standard InChI is InChI=1S/C11H22N4O/c1-6-11(14-5)8(12-3)9(13-4)15(7-2)10(11)16/h7-9,12-14H,2,6H2,1,3-5H3. The third-order valence-electron chi connectivity index (χ3n) is 3.57. The zero-order chi connectivity index (χ0) is 12.3. The van der Waals surface area contributed by atoms with Crippen molar-refractivity contribution in [3.63, 3.8) is 0 Å². The van der Waals surface area contributed by atoms with Crippen LogP contribution in [0, 0.1) is 0 Å². The van der Waals surface area contributed by atoms with Crippen LogP contribution in [0.15, 0.2) is 12.8 Å². The van der Waals surface area contributed by atoms with Crippen molar-refractivity contribution >= 4 is 5.91 Å². The fourth-order valence-corrected chi connectivity index (χ4v) is 2.64. The van der Waals surface area contributed by atoms with Crippen molar-refractivity contribution in [1.82, 2.24) is 20.9 Å². The van der Waals surface area contributed by atoms with Crippen LogP contribution in [0.3, 0.4) is 0 Å². The van der Waals surface area contributed by atoms with E-state index in [0.717, 1.165) is 6.42 Å². The predicted molar refractivity (Wildman–Crippen MR) is 64.8 cm³/mol. The molecule has 0 aromatic rings. The maximum absolute atomic E-state index is 12.4. The first kappa shape index (κ1) is 13.2. The molecule has 1 rings (SSSR count). The molecule has 0 aromatic carbocycles. The average molecular weight is 226 g/mol. The summed E-state index contributed by atoms with van der Waals surface area (Å²) in [5.41, 5.74) is -0.559. The number of hydrogen-bond acceptors (Lipinski definition) is 4. The summed E-state index contributed by atoms with van der Waals surface area (Å²) >= 11 is 0. The molecule has 1 saturated heterocycles. The fraction of sp³-hybridized carbons (Fsp3) is 0.727. The number of nitrogens with one attached hydrogen (secondary N) is 3. The van der Waals surface area contributed by atoms with Crippen molar-refractivity contribution in [2.75, 3.05) is 21.1 Å². The number of carbonyl (C=O) groups is 1. The molecule has 3 atom stereocenters. The summed E-state index contributed by atoms with van der Waals surface area (Å²) in [5.74, 6) is 0.0613. The second-order valence-electron chi connectivity index (χ2n) is 3.97. The Morgan fingerprint density at radius 2 is 2.06 bits per heavy atom. The van der Waals surface area contributed by atoms with Gasteiger partial charge in [-0.1, -0.05) is 13.5 Å². The quantitative estimate of drug-likeness (QED) is 0.590. The molecule has 1 aliphatic rings. The van der Waals surface area contributed by atoms with Gasteiger partial charge in [-0.05, 0) is 27.6 Å². The molecule has 16 heavy (non-hydrogen) atoms. The molecular weight excluding hydrogens is 204 g/mol. The minimum absolute atomic E-state index is 0.0120. The van der Waals surface area contributed by atoms with Gasteiger partial charge in [0.2, 0.25) is 5.91 Å². The summed E-state index contributed by atoms with van der Waals surface area (Å²) in [7, 11) is 5.54. The second-order valence-corrected chi connectivity index (χ2v) is 3.97. The highest BCUT2D eigenvalue weighted by Crippen LogP contribution is 2.30. The molecule has 1 heterocycles. The maximum Gasteiger partial charge on any atom is 0.249 e. The lowest BCUT2D eigenvalue weighted by Crippen LogP contribution is -2.62. The molecule has 3 N–H and O–H groups in total. The summed E-state index contributed by atoms with van der Waals surface area (Å²) in [6, 6.07) is 0.0120. The summed E-state index contributed by atoms with van der Waals surface area (Å²) in [6.07, 6.45) is 2.25. The first-order chi connectivity index (χ1) is 7.62. The van der Waals surface area contributed by atoms with E-state index in [1.807, 2.05) is 28.1 Å². The zero-order valence-electron chi connectivity index (χ0n) is 10.5. The Kier molecular flexibility index (Phi) is 4.07. The molecule has 1 amide bonds. The van der Waals surface area contributed by atoms with E-state index >= 15 is 0 Å². The van der Waals surface area contributed by atoms with Gasteiger partial charge in [0.25, 0.3) is 0 Å². The lowest BCUT2D eigenvalue weighted by Gasteiger charge is -2.32. The zero-order valence-corrected chi connectivity index (χ0v) is 10.5. The molecule has 1 fully saturated rings. The van der Waals surface area contributed by atoms with Gasteiger partial charge in [0.15, 0.2) is 0 Å². The summed E-state index contributed by atoms with van der Waals surface area (Å²) in [6.45, 7) is 5.72. The molecular formula is C11H22N4O. The lowest BCUT2D eigenvalue weighted by molar-refractivity contribution is -0.132. The molecule has 1 aliphatic heterocycles. The number of amides is 1. The highest BCUT2D eigenvalue weighted by Gasteiger charge is 2.56. The highest BCUT2D eigenvalue weighted by atomic mass is 16.2. The Morgan fingerprint density at radius 1 is 1.44 bits per heavy atom. The summed E-state index contributed by atoms with van der Waals surface area (Å²) in [4.78, 5) is 14.0. The van der Waals surface area contributed by atoms with Gasteiger partial charge in [-0.15, -0.1) is 0 Å². The van der Waals surface area contributed by atoms with Crippen LogP contribution < -0.4 is 16.0 Å². The van der Waals surface area contributed by atoms with Crippen molar-refractivity contribution in [1.29, 1.82) is 0 Å². The van der Waals surface area contributed by atoms with Gasteiger partial charge in [0.1, 0.15) is 11.7 Å². The van der Waals surface area contributed by atoms with E-state index in [9.17, 15) is 4.79 Å². The van der Waals surface area contributed by atoms with Crippen LogP contribution >= 0.6 is 0 Å². The van der Waals surface area contributed by atoms with E-state index in [1.165, 1.54) is 0 Å². The van der Waals surface area contributed by atoms with Gasteiger partial charge in [-0.25, -0.2) is 0 Å². The van der Waals surface area contributed by atoms with E-state index in [1.54, 1.807) is 11.1 Å². The normalized spacial score (nSPS) is 34.5. The molecule has 3 unspecified atom stereocenters. The van der Waals surface area contributed by atoms with Crippen molar-refractivity contribution in [2.45, 2.75) is 31.1 Å². The van der Waals surface area contributed by atoms with Gasteiger partial charge in [0.05, 0.1) is 6.04 Å². The van der Waals surface area contributed by atoms with Crippen LogP contribution in [0.2, 0.25) is 0 Å². The van der Waals surface area contributed by atoms with Crippen LogP contribution in [0.4, 0.5) is 0 Å². The van der Waals surface area contributed by atoms with Crippen LogP contribution in [-0.2, 0) is 4.79 Å². The Balaban J connectivity index is 3.18. The average Bonchev–Trinajstić information content (AvgIpc) is 2.56. The largest absolute Gasteiger partial charge is 0.312 e. The molecule has 0 spiro atoms. The number of carbonyl (C=O) groups excluding carboxylic acids is 1. The number of likely N-dealkylation sites (tertiary alicyclic amines) is 1. The van der Waals surface area contributed by atoms with Gasteiger partial charge in [0, 0.05) is 6.20 Å². The molecule has 92 valence electrons. The molecule has 0 aromatic heterocycles. The Labute approximate surface area is 97.3 Å². The topological polar surface area (TPSA) is 56.4 Å². The van der Waals surface area contributed by atoms with Crippen LogP contribution in [0.5, 0.6) is 0 Å².